The van der Waals surface area contributed by atoms with Crippen molar-refractivity contribution in [1.82, 2.24) is 0 Å². The molecule has 3 rings (SSSR count). The molecule has 0 spiro atoms. The fourth-order valence-electron chi connectivity index (χ4n) is 4.22. The molecule has 0 bridgehead atoms. The molecule has 1 aromatic heterocycles. The van der Waals surface area contributed by atoms with E-state index in [0.717, 1.165) is 55.2 Å². The summed E-state index contributed by atoms with van der Waals surface area (Å²) in [5.74, 6) is -0.0707. The van der Waals surface area contributed by atoms with Crippen LogP contribution in [0.5, 0.6) is 0 Å². The monoisotopic (exact) mass is 435 g/mol. The van der Waals surface area contributed by atoms with E-state index in [1.165, 1.54) is 17.8 Å². The summed E-state index contributed by atoms with van der Waals surface area (Å²) in [6.45, 7) is 2.25. The van der Waals surface area contributed by atoms with Crippen LogP contribution in [0.2, 0.25) is 0 Å². The van der Waals surface area contributed by atoms with Crippen molar-refractivity contribution < 1.29 is 35.0 Å². The molecule has 2 saturated carbocycles. The second-order valence-electron chi connectivity index (χ2n) is 7.53. The number of aromatic carboxylic acids is 1. The van der Waals surface area contributed by atoms with E-state index in [9.17, 15) is 14.7 Å². The number of carboxylic acid groups (broad SMARTS) is 1. The third-order valence-corrected chi connectivity index (χ3v) is 7.29. The van der Waals surface area contributed by atoms with Gasteiger partial charge in [0, 0.05) is 12.0 Å². The number of nitrogens with zero attached hydrogens (tertiary/aromatic N) is 1. The molecule has 1 amide bonds. The maximum absolute atomic E-state index is 13.4. The van der Waals surface area contributed by atoms with Crippen molar-refractivity contribution in [2.75, 3.05) is 4.90 Å². The summed E-state index contributed by atoms with van der Waals surface area (Å²) >= 11 is 4.62. The van der Waals surface area contributed by atoms with E-state index in [-0.39, 0.29) is 43.0 Å². The van der Waals surface area contributed by atoms with Crippen LogP contribution >= 0.6 is 27.3 Å². The minimum absolute atomic E-state index is 0. The van der Waals surface area contributed by atoms with Crippen molar-refractivity contribution in [2.24, 2.45) is 11.8 Å². The van der Waals surface area contributed by atoms with Crippen LogP contribution < -0.4 is 23.8 Å². The Hall–Kier alpha value is -0.283. The van der Waals surface area contributed by atoms with Crippen LogP contribution in [-0.2, 0) is 4.79 Å². The molecule has 7 heteroatoms. The van der Waals surface area contributed by atoms with Crippen LogP contribution in [0.25, 0.3) is 0 Å². The molecule has 0 atom stereocenters. The summed E-state index contributed by atoms with van der Waals surface area (Å²) in [5.41, 5.74) is 0.597. The van der Waals surface area contributed by atoms with E-state index in [4.69, 9.17) is 0 Å². The number of carboxylic acids is 1. The normalized spacial score (nSPS) is 23.9. The molecule has 4 nitrogen and oxygen atoms in total. The second kappa shape index (κ2) is 9.77. The van der Waals surface area contributed by atoms with Crippen LogP contribution in [0.15, 0.2) is 9.85 Å². The Labute approximate surface area is 181 Å². The summed E-state index contributed by atoms with van der Waals surface area (Å²) < 4.78 is 0.769. The molecule has 1 aromatic rings. The van der Waals surface area contributed by atoms with Gasteiger partial charge in [-0.3, -0.25) is 4.79 Å². The van der Waals surface area contributed by atoms with Crippen LogP contribution in [0.4, 0.5) is 5.69 Å². The number of rotatable bonds is 4. The fraction of sp³-hybridized carbons (Fsp3) is 0.684. The third-order valence-electron chi connectivity index (χ3n) is 5.68. The second-order valence-corrected chi connectivity index (χ2v) is 9.96. The third kappa shape index (κ3) is 4.95. The quantitative estimate of drug-likeness (QED) is 0.739. The molecule has 0 aliphatic heterocycles. The van der Waals surface area contributed by atoms with E-state index < -0.39 is 5.97 Å². The number of halogens is 1. The van der Waals surface area contributed by atoms with Gasteiger partial charge in [-0.15, -0.1) is 11.3 Å². The Bertz CT molecular complexity index is 643. The smallest absolute Gasteiger partial charge is 1.00 e. The molecule has 0 saturated heterocycles. The Morgan fingerprint density at radius 1 is 1.15 bits per heavy atom. The molecule has 0 radical (unpaired) electrons. The van der Waals surface area contributed by atoms with Gasteiger partial charge in [0.1, 0.15) is 4.88 Å². The summed E-state index contributed by atoms with van der Waals surface area (Å²) in [4.78, 5) is 27.3. The first-order valence-corrected chi connectivity index (χ1v) is 10.9. The molecule has 2 aliphatic carbocycles. The molecule has 1 N–H and O–H groups in total. The molecule has 140 valence electrons. The van der Waals surface area contributed by atoms with Crippen molar-refractivity contribution in [1.29, 1.82) is 0 Å². The van der Waals surface area contributed by atoms with Gasteiger partial charge in [-0.1, -0.05) is 26.2 Å². The van der Waals surface area contributed by atoms with Crippen molar-refractivity contribution in [3.63, 3.8) is 0 Å². The number of carbonyl (C=O) groups excluding carboxylic acids is 1. The van der Waals surface area contributed by atoms with Gasteiger partial charge in [0.2, 0.25) is 5.91 Å². The molecule has 2 fully saturated rings. The predicted octanol–water partition coefficient (Wildman–Crippen LogP) is 2.82. The van der Waals surface area contributed by atoms with Gasteiger partial charge in [0.15, 0.2) is 0 Å². The SMILES string of the molecule is CC1CCC(C(=O)N(c2cc(Br)sc2C(=O)O)C2CCCCC2)CC1.[H-].[Li+]. The standard InChI is InChI=1S/C19H26BrNO3S.Li.H/c1-12-7-9-13(10-8-12)18(22)21(14-5-3-2-4-6-14)15-11-16(20)25-17(15)19(23)24;;/h11-14H,2-10H2,1H3,(H,23,24);;/q;+1;-1. The largest absolute Gasteiger partial charge is 1.00 e. The van der Waals surface area contributed by atoms with Crippen LogP contribution in [0.1, 0.15) is 75.8 Å². The number of hydrogen-bond donors (Lipinski definition) is 1. The van der Waals surface area contributed by atoms with Crippen molar-refractivity contribution in [3.05, 3.63) is 14.7 Å². The van der Waals surface area contributed by atoms with Gasteiger partial charge < -0.3 is 11.4 Å². The molecule has 26 heavy (non-hydrogen) atoms. The number of thiophene rings is 1. The predicted molar refractivity (Wildman–Crippen MR) is 106 cm³/mol. The number of carbonyl (C=O) groups is 2. The zero-order valence-corrected chi connectivity index (χ0v) is 18.1. The van der Waals surface area contributed by atoms with Crippen molar-refractivity contribution >= 4 is 44.8 Å². The van der Waals surface area contributed by atoms with Crippen LogP contribution in [0.3, 0.4) is 0 Å². The molecular weight excluding hydrogens is 409 g/mol. The fourth-order valence-corrected chi connectivity index (χ4v) is 5.64. The minimum Gasteiger partial charge on any atom is -1.00 e. The Morgan fingerprint density at radius 3 is 2.35 bits per heavy atom. The number of amides is 1. The number of hydrogen-bond acceptors (Lipinski definition) is 3. The maximum Gasteiger partial charge on any atom is 1.00 e. The maximum atomic E-state index is 13.4. The molecule has 0 unspecified atom stereocenters. The Morgan fingerprint density at radius 2 is 1.77 bits per heavy atom. The topological polar surface area (TPSA) is 57.6 Å². The number of anilines is 1. The first-order valence-electron chi connectivity index (χ1n) is 9.33. The zero-order chi connectivity index (χ0) is 18.0. The average Bonchev–Trinajstić information content (AvgIpc) is 2.98. The van der Waals surface area contributed by atoms with E-state index in [1.807, 2.05) is 11.0 Å². The van der Waals surface area contributed by atoms with Gasteiger partial charge in [-0.2, -0.15) is 0 Å². The zero-order valence-electron chi connectivity index (χ0n) is 16.7. The first-order chi connectivity index (χ1) is 12.0. The van der Waals surface area contributed by atoms with Gasteiger partial charge in [-0.25, -0.2) is 4.79 Å². The summed E-state index contributed by atoms with van der Waals surface area (Å²) in [6, 6.07) is 1.96. The van der Waals surface area contributed by atoms with Crippen molar-refractivity contribution in [2.45, 2.75) is 70.8 Å². The first kappa shape index (κ1) is 22.0. The van der Waals surface area contributed by atoms with Crippen molar-refractivity contribution in [3.8, 4) is 0 Å². The molecular formula is C19H27BrLiNO3S. The van der Waals surface area contributed by atoms with Gasteiger partial charge in [-0.05, 0) is 66.4 Å². The minimum atomic E-state index is -0.948. The Kier molecular flexibility index (Phi) is 8.27. The van der Waals surface area contributed by atoms with Crippen LogP contribution in [0, 0.1) is 11.8 Å². The Balaban J connectivity index is 0.00000182. The summed E-state index contributed by atoms with van der Waals surface area (Å²) in [7, 11) is 0. The van der Waals surface area contributed by atoms with Gasteiger partial charge in [0.05, 0.1) is 9.47 Å². The average molecular weight is 436 g/mol. The van der Waals surface area contributed by atoms with Gasteiger partial charge >= 0.3 is 24.8 Å². The van der Waals surface area contributed by atoms with E-state index in [1.54, 1.807) is 0 Å². The molecule has 0 aromatic carbocycles. The van der Waals surface area contributed by atoms with E-state index >= 15 is 0 Å². The summed E-state index contributed by atoms with van der Waals surface area (Å²) in [5, 5.41) is 9.60. The van der Waals surface area contributed by atoms with Gasteiger partial charge in [0.25, 0.3) is 0 Å². The van der Waals surface area contributed by atoms with E-state index in [0.29, 0.717) is 11.6 Å². The molecule has 2 aliphatic rings. The van der Waals surface area contributed by atoms with Crippen LogP contribution in [-0.4, -0.2) is 23.0 Å². The molecule has 1 heterocycles. The van der Waals surface area contributed by atoms with E-state index in [2.05, 4.69) is 22.9 Å². The summed E-state index contributed by atoms with van der Waals surface area (Å²) in [6.07, 6.45) is 9.42.